The zero-order valence-electron chi connectivity index (χ0n) is 17.9. The number of alkyl halides is 3. The van der Waals surface area contributed by atoms with Gasteiger partial charge in [-0.05, 0) is 47.6 Å². The Hall–Kier alpha value is -2.17. The summed E-state index contributed by atoms with van der Waals surface area (Å²) in [6.07, 6.45) is -6.96. The molecular weight excluding hydrogens is 443 g/mol. The highest BCUT2D eigenvalue weighted by Gasteiger charge is 2.46. The molecule has 0 saturated carbocycles. The Morgan fingerprint density at radius 1 is 1.31 bits per heavy atom. The minimum absolute atomic E-state index is 0.140. The zero-order chi connectivity index (χ0) is 23.6. The van der Waals surface area contributed by atoms with Crippen LogP contribution in [0.25, 0.3) is 10.1 Å². The smallest absolute Gasteiger partial charge is 0.382 e. The summed E-state index contributed by atoms with van der Waals surface area (Å²) >= 11 is 1.39. The number of aliphatic hydroxyl groups is 1. The number of carbonyl (C=O) groups excluding carboxylic acids is 2. The second-order valence-corrected chi connectivity index (χ2v) is 9.43. The van der Waals surface area contributed by atoms with Gasteiger partial charge in [0.1, 0.15) is 6.04 Å². The molecule has 2 aromatic rings. The number of halogens is 3. The Morgan fingerprint density at radius 2 is 2.00 bits per heavy atom. The molecule has 0 bridgehead atoms. The first kappa shape index (κ1) is 24.5. The SMILES string of the molecule is CC(C)[C@H](N)C(=O)N1CCC[C@H]1C(=O)N[C@@H](Cc1csc2ccccc12)[C@H](O)C(F)(F)F. The van der Waals surface area contributed by atoms with Gasteiger partial charge in [0, 0.05) is 11.2 Å². The molecule has 1 saturated heterocycles. The minimum atomic E-state index is -4.91. The fourth-order valence-corrected chi connectivity index (χ4v) is 4.93. The van der Waals surface area contributed by atoms with Gasteiger partial charge in [-0.25, -0.2) is 0 Å². The van der Waals surface area contributed by atoms with E-state index in [9.17, 15) is 27.9 Å². The molecule has 4 N–H and O–H groups in total. The standard InChI is InChI=1S/C22H28F3N3O3S/c1-12(2)18(26)21(31)28-9-5-7-16(28)20(30)27-15(19(29)22(23,24)25)10-13-11-32-17-8-4-3-6-14(13)17/h3-4,6,8,11-12,15-16,18-19,29H,5,7,9-10,26H2,1-2H3,(H,27,30)/t15-,16-,18-,19-/m0/s1. The lowest BCUT2D eigenvalue weighted by Crippen LogP contribution is -2.57. The molecule has 10 heteroatoms. The van der Waals surface area contributed by atoms with Crippen molar-refractivity contribution in [3.8, 4) is 0 Å². The number of rotatable bonds is 7. The van der Waals surface area contributed by atoms with E-state index in [0.717, 1.165) is 10.1 Å². The molecule has 6 nitrogen and oxygen atoms in total. The second kappa shape index (κ2) is 9.76. The molecule has 1 aliphatic rings. The molecule has 32 heavy (non-hydrogen) atoms. The first-order valence-electron chi connectivity index (χ1n) is 10.6. The molecule has 2 heterocycles. The Bertz CT molecular complexity index is 963. The molecule has 4 atom stereocenters. The molecule has 176 valence electrons. The summed E-state index contributed by atoms with van der Waals surface area (Å²) in [5.74, 6) is -1.24. The van der Waals surface area contributed by atoms with Crippen LogP contribution < -0.4 is 11.1 Å². The van der Waals surface area contributed by atoms with E-state index in [1.54, 1.807) is 31.4 Å². The van der Waals surface area contributed by atoms with Crippen molar-refractivity contribution in [2.45, 2.75) is 63.5 Å². The van der Waals surface area contributed by atoms with Crippen molar-refractivity contribution in [2.24, 2.45) is 11.7 Å². The van der Waals surface area contributed by atoms with E-state index in [1.165, 1.54) is 16.2 Å². The van der Waals surface area contributed by atoms with Crippen LogP contribution in [-0.2, 0) is 16.0 Å². The summed E-state index contributed by atoms with van der Waals surface area (Å²) in [6.45, 7) is 3.89. The van der Waals surface area contributed by atoms with Gasteiger partial charge in [-0.3, -0.25) is 9.59 Å². The Kier molecular flexibility index (Phi) is 7.46. The number of nitrogens with one attached hydrogen (secondary N) is 1. The topological polar surface area (TPSA) is 95.7 Å². The number of hydrogen-bond acceptors (Lipinski definition) is 5. The number of fused-ring (bicyclic) bond motifs is 1. The van der Waals surface area contributed by atoms with Gasteiger partial charge in [0.2, 0.25) is 11.8 Å². The van der Waals surface area contributed by atoms with E-state index in [1.807, 2.05) is 12.1 Å². The lowest BCUT2D eigenvalue weighted by Gasteiger charge is -2.31. The summed E-state index contributed by atoms with van der Waals surface area (Å²) in [5, 5.41) is 14.9. The maximum Gasteiger partial charge on any atom is 0.416 e. The minimum Gasteiger partial charge on any atom is -0.382 e. The van der Waals surface area contributed by atoms with E-state index in [0.29, 0.717) is 24.9 Å². The third-order valence-corrected chi connectivity index (χ3v) is 6.90. The van der Waals surface area contributed by atoms with Crippen LogP contribution in [0.1, 0.15) is 32.3 Å². The lowest BCUT2D eigenvalue weighted by atomic mass is 9.99. The molecule has 0 aliphatic carbocycles. The van der Waals surface area contributed by atoms with Gasteiger partial charge in [-0.1, -0.05) is 32.0 Å². The molecule has 1 aromatic carbocycles. The normalized spacial score (nSPS) is 19.9. The number of thiophene rings is 1. The number of carbonyl (C=O) groups is 2. The number of nitrogens with two attached hydrogens (primary N) is 1. The highest BCUT2D eigenvalue weighted by atomic mass is 32.1. The van der Waals surface area contributed by atoms with Crippen molar-refractivity contribution in [1.29, 1.82) is 0 Å². The van der Waals surface area contributed by atoms with Gasteiger partial charge in [0.05, 0.1) is 12.1 Å². The number of benzene rings is 1. The van der Waals surface area contributed by atoms with Crippen LogP contribution in [0.4, 0.5) is 13.2 Å². The number of aliphatic hydroxyl groups excluding tert-OH is 1. The number of nitrogens with zero attached hydrogens (tertiary/aromatic N) is 1. The first-order chi connectivity index (χ1) is 15.0. The number of hydrogen-bond donors (Lipinski definition) is 3. The van der Waals surface area contributed by atoms with E-state index >= 15 is 0 Å². The van der Waals surface area contributed by atoms with Gasteiger partial charge in [0.25, 0.3) is 0 Å². The summed E-state index contributed by atoms with van der Waals surface area (Å²) in [5.41, 5.74) is 6.55. The van der Waals surface area contributed by atoms with E-state index in [2.05, 4.69) is 5.32 Å². The number of likely N-dealkylation sites (tertiary alicyclic amines) is 1. The molecule has 1 fully saturated rings. The summed E-state index contributed by atoms with van der Waals surface area (Å²) in [7, 11) is 0. The average Bonchev–Trinajstić information content (AvgIpc) is 3.38. The van der Waals surface area contributed by atoms with Gasteiger partial charge in [-0.2, -0.15) is 13.2 Å². The molecule has 0 spiro atoms. The molecule has 2 amide bonds. The Morgan fingerprint density at radius 3 is 2.66 bits per heavy atom. The number of amides is 2. The third kappa shape index (κ3) is 5.24. The molecule has 1 aromatic heterocycles. The van der Waals surface area contributed by atoms with Crippen molar-refractivity contribution in [2.75, 3.05) is 6.54 Å². The Balaban J connectivity index is 1.81. The predicted octanol–water partition coefficient (Wildman–Crippen LogP) is 2.83. The van der Waals surface area contributed by atoms with Crippen LogP contribution in [-0.4, -0.2) is 58.8 Å². The van der Waals surface area contributed by atoms with E-state index < -0.39 is 42.2 Å². The van der Waals surface area contributed by atoms with Crippen molar-refractivity contribution in [1.82, 2.24) is 10.2 Å². The van der Waals surface area contributed by atoms with Gasteiger partial charge >= 0.3 is 6.18 Å². The third-order valence-electron chi connectivity index (χ3n) is 5.89. The fraction of sp³-hybridized carbons (Fsp3) is 0.545. The van der Waals surface area contributed by atoms with Crippen molar-refractivity contribution >= 4 is 33.2 Å². The van der Waals surface area contributed by atoms with E-state index in [-0.39, 0.29) is 12.3 Å². The van der Waals surface area contributed by atoms with E-state index in [4.69, 9.17) is 5.73 Å². The van der Waals surface area contributed by atoms with Crippen LogP contribution in [0.5, 0.6) is 0 Å². The summed E-state index contributed by atoms with van der Waals surface area (Å²) in [4.78, 5) is 27.0. The quantitative estimate of drug-likeness (QED) is 0.579. The molecular formula is C22H28F3N3O3S. The van der Waals surface area contributed by atoms with Crippen LogP contribution >= 0.6 is 11.3 Å². The second-order valence-electron chi connectivity index (χ2n) is 8.52. The van der Waals surface area contributed by atoms with Gasteiger partial charge in [0.15, 0.2) is 6.10 Å². The summed E-state index contributed by atoms with van der Waals surface area (Å²) in [6, 6.07) is 3.98. The largest absolute Gasteiger partial charge is 0.416 e. The molecule has 1 aliphatic heterocycles. The van der Waals surface area contributed by atoms with Crippen molar-refractivity contribution in [3.63, 3.8) is 0 Å². The predicted molar refractivity (Wildman–Crippen MR) is 117 cm³/mol. The maximum absolute atomic E-state index is 13.4. The maximum atomic E-state index is 13.4. The average molecular weight is 472 g/mol. The van der Waals surface area contributed by atoms with Crippen LogP contribution in [0, 0.1) is 5.92 Å². The van der Waals surface area contributed by atoms with Gasteiger partial charge in [-0.15, -0.1) is 11.3 Å². The molecule has 0 unspecified atom stereocenters. The van der Waals surface area contributed by atoms with Crippen LogP contribution in [0.3, 0.4) is 0 Å². The van der Waals surface area contributed by atoms with Crippen molar-refractivity contribution < 1.29 is 27.9 Å². The lowest BCUT2D eigenvalue weighted by molar-refractivity contribution is -0.212. The monoisotopic (exact) mass is 471 g/mol. The molecule has 0 radical (unpaired) electrons. The van der Waals surface area contributed by atoms with Crippen molar-refractivity contribution in [3.05, 3.63) is 35.2 Å². The highest BCUT2D eigenvalue weighted by molar-refractivity contribution is 7.17. The Labute approximate surface area is 188 Å². The first-order valence-corrected chi connectivity index (χ1v) is 11.4. The highest BCUT2D eigenvalue weighted by Crippen LogP contribution is 2.30. The van der Waals surface area contributed by atoms with Crippen LogP contribution in [0.15, 0.2) is 29.6 Å². The fourth-order valence-electron chi connectivity index (χ4n) is 3.96. The van der Waals surface area contributed by atoms with Gasteiger partial charge < -0.3 is 21.1 Å². The molecule has 3 rings (SSSR count). The van der Waals surface area contributed by atoms with Crippen LogP contribution in [0.2, 0.25) is 0 Å². The summed E-state index contributed by atoms with van der Waals surface area (Å²) < 4.78 is 41.1. The zero-order valence-corrected chi connectivity index (χ0v) is 18.7.